The highest BCUT2D eigenvalue weighted by Gasteiger charge is 2.48. The molecular formula is C9H9NO3. The SMILES string of the molecule is O=C(O)C1CC1C(=O)c1cc[nH]c1. The van der Waals surface area contributed by atoms with Crippen LogP contribution in [0.15, 0.2) is 18.5 Å². The Balaban J connectivity index is 2.06. The molecule has 0 spiro atoms. The molecule has 0 aromatic carbocycles. The zero-order valence-corrected chi connectivity index (χ0v) is 6.86. The van der Waals surface area contributed by atoms with Gasteiger partial charge in [-0.25, -0.2) is 0 Å². The fourth-order valence-corrected chi connectivity index (χ4v) is 1.45. The average Bonchev–Trinajstić information content (AvgIpc) is 2.72. The molecule has 0 bridgehead atoms. The molecule has 0 radical (unpaired) electrons. The van der Waals surface area contributed by atoms with Crippen LogP contribution >= 0.6 is 0 Å². The number of hydrogen-bond acceptors (Lipinski definition) is 2. The third-order valence-corrected chi connectivity index (χ3v) is 2.33. The van der Waals surface area contributed by atoms with Gasteiger partial charge in [0.25, 0.3) is 0 Å². The number of carboxylic acids is 1. The molecule has 1 aromatic heterocycles. The molecule has 2 rings (SSSR count). The van der Waals surface area contributed by atoms with Crippen molar-refractivity contribution in [3.8, 4) is 0 Å². The van der Waals surface area contributed by atoms with Crippen molar-refractivity contribution in [3.05, 3.63) is 24.0 Å². The van der Waals surface area contributed by atoms with Crippen molar-refractivity contribution >= 4 is 11.8 Å². The molecule has 1 fully saturated rings. The number of Topliss-reactive ketones (excluding diaryl/α,β-unsaturated/α-hetero) is 1. The molecule has 1 heterocycles. The van der Waals surface area contributed by atoms with Gasteiger partial charge in [0.1, 0.15) is 0 Å². The van der Waals surface area contributed by atoms with E-state index < -0.39 is 11.9 Å². The lowest BCUT2D eigenvalue weighted by Gasteiger charge is -1.92. The largest absolute Gasteiger partial charge is 0.481 e. The van der Waals surface area contributed by atoms with Crippen LogP contribution in [0.5, 0.6) is 0 Å². The van der Waals surface area contributed by atoms with Gasteiger partial charge < -0.3 is 10.1 Å². The van der Waals surface area contributed by atoms with E-state index in [1.165, 1.54) is 0 Å². The fourth-order valence-electron chi connectivity index (χ4n) is 1.45. The number of aromatic nitrogens is 1. The number of nitrogens with one attached hydrogen (secondary N) is 1. The number of hydrogen-bond donors (Lipinski definition) is 2. The number of ketones is 1. The van der Waals surface area contributed by atoms with E-state index in [2.05, 4.69) is 4.98 Å². The second kappa shape index (κ2) is 2.73. The lowest BCUT2D eigenvalue weighted by Crippen LogP contribution is -2.07. The summed E-state index contributed by atoms with van der Waals surface area (Å²) in [6.07, 6.45) is 3.74. The minimum Gasteiger partial charge on any atom is -0.481 e. The van der Waals surface area contributed by atoms with E-state index in [-0.39, 0.29) is 11.7 Å². The Morgan fingerprint density at radius 2 is 2.23 bits per heavy atom. The molecule has 2 unspecified atom stereocenters. The normalized spacial score (nSPS) is 25.5. The molecule has 2 N–H and O–H groups in total. The van der Waals surface area contributed by atoms with Crippen LogP contribution in [-0.4, -0.2) is 21.8 Å². The Hall–Kier alpha value is -1.58. The van der Waals surface area contributed by atoms with Gasteiger partial charge in [-0.2, -0.15) is 0 Å². The maximum absolute atomic E-state index is 11.5. The van der Waals surface area contributed by atoms with Gasteiger partial charge in [-0.3, -0.25) is 9.59 Å². The molecule has 68 valence electrons. The van der Waals surface area contributed by atoms with Crippen molar-refractivity contribution in [2.24, 2.45) is 11.8 Å². The molecule has 0 saturated heterocycles. The van der Waals surface area contributed by atoms with Crippen molar-refractivity contribution in [3.63, 3.8) is 0 Å². The first-order valence-corrected chi connectivity index (χ1v) is 4.10. The summed E-state index contributed by atoms with van der Waals surface area (Å²) in [5.41, 5.74) is 0.578. The van der Waals surface area contributed by atoms with Gasteiger partial charge in [0.05, 0.1) is 5.92 Å². The van der Waals surface area contributed by atoms with Crippen molar-refractivity contribution < 1.29 is 14.7 Å². The molecule has 1 aliphatic rings. The maximum Gasteiger partial charge on any atom is 0.307 e. The van der Waals surface area contributed by atoms with E-state index in [4.69, 9.17) is 5.11 Å². The zero-order chi connectivity index (χ0) is 9.42. The highest BCUT2D eigenvalue weighted by Crippen LogP contribution is 2.40. The van der Waals surface area contributed by atoms with Crippen molar-refractivity contribution in [1.29, 1.82) is 0 Å². The van der Waals surface area contributed by atoms with E-state index >= 15 is 0 Å². The Morgan fingerprint density at radius 1 is 1.46 bits per heavy atom. The Morgan fingerprint density at radius 3 is 2.69 bits per heavy atom. The van der Waals surface area contributed by atoms with Crippen molar-refractivity contribution in [2.75, 3.05) is 0 Å². The molecular weight excluding hydrogens is 170 g/mol. The van der Waals surface area contributed by atoms with Crippen molar-refractivity contribution in [1.82, 2.24) is 4.98 Å². The predicted octanol–water partition coefficient (Wildman–Crippen LogP) is 0.918. The van der Waals surface area contributed by atoms with Crippen LogP contribution in [-0.2, 0) is 4.79 Å². The second-order valence-electron chi connectivity index (χ2n) is 3.25. The van der Waals surface area contributed by atoms with Crippen LogP contribution < -0.4 is 0 Å². The van der Waals surface area contributed by atoms with Crippen LogP contribution in [0.1, 0.15) is 16.8 Å². The van der Waals surface area contributed by atoms with Gasteiger partial charge in [0.2, 0.25) is 0 Å². The minimum absolute atomic E-state index is 0.0614. The predicted molar refractivity (Wildman–Crippen MR) is 44.4 cm³/mol. The van der Waals surface area contributed by atoms with Gasteiger partial charge in [-0.1, -0.05) is 0 Å². The summed E-state index contributed by atoms with van der Waals surface area (Å²) in [4.78, 5) is 24.8. The van der Waals surface area contributed by atoms with E-state index in [1.807, 2.05) is 0 Å². The lowest BCUT2D eigenvalue weighted by molar-refractivity contribution is -0.138. The third-order valence-electron chi connectivity index (χ3n) is 2.33. The molecule has 4 nitrogen and oxygen atoms in total. The first-order valence-electron chi connectivity index (χ1n) is 4.10. The van der Waals surface area contributed by atoms with Crippen LogP contribution in [0.3, 0.4) is 0 Å². The third kappa shape index (κ3) is 1.35. The maximum atomic E-state index is 11.5. The summed E-state index contributed by atoms with van der Waals surface area (Å²) in [6, 6.07) is 1.67. The zero-order valence-electron chi connectivity index (χ0n) is 6.86. The van der Waals surface area contributed by atoms with Crippen LogP contribution in [0, 0.1) is 11.8 Å². The summed E-state index contributed by atoms with van der Waals surface area (Å²) >= 11 is 0. The number of carbonyl (C=O) groups is 2. The summed E-state index contributed by atoms with van der Waals surface area (Å²) < 4.78 is 0. The van der Waals surface area contributed by atoms with E-state index in [1.54, 1.807) is 18.5 Å². The quantitative estimate of drug-likeness (QED) is 0.678. The van der Waals surface area contributed by atoms with Crippen LogP contribution in [0.4, 0.5) is 0 Å². The standard InChI is InChI=1S/C9H9NO3/c11-8(5-1-2-10-4-5)6-3-7(6)9(12)13/h1-2,4,6-7,10H,3H2,(H,12,13). The number of carbonyl (C=O) groups excluding carboxylic acids is 1. The van der Waals surface area contributed by atoms with Gasteiger partial charge >= 0.3 is 5.97 Å². The summed E-state index contributed by atoms with van der Waals surface area (Å²) in [5, 5.41) is 8.61. The summed E-state index contributed by atoms with van der Waals surface area (Å²) in [7, 11) is 0. The van der Waals surface area contributed by atoms with Crippen LogP contribution in [0.2, 0.25) is 0 Å². The molecule has 0 aliphatic heterocycles. The van der Waals surface area contributed by atoms with Gasteiger partial charge in [-0.15, -0.1) is 0 Å². The topological polar surface area (TPSA) is 70.2 Å². The number of rotatable bonds is 3. The minimum atomic E-state index is -0.867. The number of H-pyrrole nitrogens is 1. The summed E-state index contributed by atoms with van der Waals surface area (Å²) in [6.45, 7) is 0. The van der Waals surface area contributed by atoms with E-state index in [0.29, 0.717) is 12.0 Å². The van der Waals surface area contributed by atoms with Crippen molar-refractivity contribution in [2.45, 2.75) is 6.42 Å². The average molecular weight is 179 g/mol. The Bertz CT molecular complexity index is 342. The smallest absolute Gasteiger partial charge is 0.307 e. The molecule has 13 heavy (non-hydrogen) atoms. The number of aromatic amines is 1. The Kier molecular flexibility index (Phi) is 1.69. The van der Waals surface area contributed by atoms with Crippen LogP contribution in [0.25, 0.3) is 0 Å². The first kappa shape index (κ1) is 8.04. The van der Waals surface area contributed by atoms with E-state index in [9.17, 15) is 9.59 Å². The molecule has 2 atom stereocenters. The van der Waals surface area contributed by atoms with Gasteiger partial charge in [0, 0.05) is 23.9 Å². The molecule has 4 heteroatoms. The Labute approximate surface area is 74.6 Å². The van der Waals surface area contributed by atoms with E-state index in [0.717, 1.165) is 0 Å². The summed E-state index contributed by atoms with van der Waals surface area (Å²) in [5.74, 6) is -1.68. The monoisotopic (exact) mass is 179 g/mol. The first-order chi connectivity index (χ1) is 6.20. The highest BCUT2D eigenvalue weighted by molar-refractivity contribution is 6.02. The lowest BCUT2D eigenvalue weighted by atomic mass is 10.1. The number of aliphatic carboxylic acids is 1. The molecule has 0 amide bonds. The molecule has 1 aromatic rings. The second-order valence-corrected chi connectivity index (χ2v) is 3.25. The fraction of sp³-hybridized carbons (Fsp3) is 0.333. The van der Waals surface area contributed by atoms with Gasteiger partial charge in [0.15, 0.2) is 5.78 Å². The molecule has 1 aliphatic carbocycles. The highest BCUT2D eigenvalue weighted by atomic mass is 16.4. The van der Waals surface area contributed by atoms with Gasteiger partial charge in [-0.05, 0) is 12.5 Å². The number of carboxylic acid groups (broad SMARTS) is 1. The molecule has 1 saturated carbocycles.